The van der Waals surface area contributed by atoms with E-state index in [0.29, 0.717) is 39.3 Å². The number of fused-ring (bicyclic) bond motifs is 1. The van der Waals surface area contributed by atoms with Crippen LogP contribution in [0.15, 0.2) is 72.8 Å². The van der Waals surface area contributed by atoms with Crippen molar-refractivity contribution in [2.45, 2.75) is 52.2 Å². The molecule has 196 valence electrons. The number of hydrogen-bond acceptors (Lipinski definition) is 5. The fourth-order valence-electron chi connectivity index (χ4n) is 4.12. The fourth-order valence-corrected chi connectivity index (χ4v) is 4.36. The highest BCUT2D eigenvalue weighted by atomic mass is 35.5. The van der Waals surface area contributed by atoms with Crippen LogP contribution >= 0.6 is 11.6 Å². The Bertz CT molecular complexity index is 1480. The number of amides is 2. The normalized spacial score (nSPS) is 12.2. The lowest BCUT2D eigenvalue weighted by atomic mass is 9.98. The van der Waals surface area contributed by atoms with Crippen LogP contribution in [0.4, 0.5) is 5.69 Å². The minimum Gasteiger partial charge on any atom is -0.349 e. The van der Waals surface area contributed by atoms with Crippen molar-refractivity contribution < 1.29 is 14.4 Å². The van der Waals surface area contributed by atoms with Crippen molar-refractivity contribution in [3.8, 4) is 0 Å². The Balaban J connectivity index is 1.85. The van der Waals surface area contributed by atoms with Crippen LogP contribution in [0.25, 0.3) is 11.0 Å². The van der Waals surface area contributed by atoms with Gasteiger partial charge in [0, 0.05) is 27.4 Å². The molecule has 0 saturated carbocycles. The average molecular weight is 532 g/mol. The summed E-state index contributed by atoms with van der Waals surface area (Å²) >= 11 is 6.60. The van der Waals surface area contributed by atoms with Gasteiger partial charge < -0.3 is 5.32 Å². The quantitative estimate of drug-likeness (QED) is 0.293. The number of rotatable bonds is 9. The molecule has 8 nitrogen and oxygen atoms in total. The smallest absolute Gasteiger partial charge is 0.249 e. The van der Waals surface area contributed by atoms with Gasteiger partial charge in [-0.1, -0.05) is 54.1 Å². The van der Waals surface area contributed by atoms with Crippen LogP contribution in [0.2, 0.25) is 5.02 Å². The molecular weight excluding hydrogens is 502 g/mol. The minimum atomic E-state index is -1.08. The van der Waals surface area contributed by atoms with Gasteiger partial charge in [0.25, 0.3) is 0 Å². The van der Waals surface area contributed by atoms with E-state index in [1.807, 2.05) is 45.0 Å². The number of para-hydroxylation sites is 1. The number of hydrogen-bond donors (Lipinski definition) is 1. The van der Waals surface area contributed by atoms with E-state index in [1.165, 1.54) is 16.5 Å². The molecule has 0 aliphatic carbocycles. The van der Waals surface area contributed by atoms with Crippen LogP contribution in [-0.4, -0.2) is 38.1 Å². The lowest BCUT2D eigenvalue weighted by molar-refractivity contribution is -0.128. The fraction of sp³-hybridized carbons (Fsp3) is 0.276. The van der Waals surface area contributed by atoms with Gasteiger partial charge in [-0.25, -0.2) is 4.68 Å². The van der Waals surface area contributed by atoms with E-state index in [4.69, 9.17) is 11.6 Å². The van der Waals surface area contributed by atoms with E-state index in [1.54, 1.807) is 48.5 Å². The van der Waals surface area contributed by atoms with Gasteiger partial charge in [0.15, 0.2) is 5.78 Å². The second kappa shape index (κ2) is 11.1. The topological polar surface area (TPSA) is 97.2 Å². The predicted molar refractivity (Wildman–Crippen MR) is 148 cm³/mol. The molecule has 0 radical (unpaired) electrons. The highest BCUT2D eigenvalue weighted by molar-refractivity contribution is 6.31. The van der Waals surface area contributed by atoms with Crippen LogP contribution in [0, 0.1) is 0 Å². The average Bonchev–Trinajstić information content (AvgIpc) is 3.30. The molecule has 1 heterocycles. The maximum atomic E-state index is 14.1. The highest BCUT2D eigenvalue weighted by Crippen LogP contribution is 2.33. The van der Waals surface area contributed by atoms with Crippen LogP contribution in [0.3, 0.4) is 0 Å². The first-order valence-corrected chi connectivity index (χ1v) is 12.8. The van der Waals surface area contributed by atoms with Gasteiger partial charge in [-0.3, -0.25) is 19.3 Å². The summed E-state index contributed by atoms with van der Waals surface area (Å²) in [6, 6.07) is 19.8. The zero-order chi connectivity index (χ0) is 27.4. The van der Waals surface area contributed by atoms with Crippen molar-refractivity contribution in [2.24, 2.45) is 0 Å². The summed E-state index contributed by atoms with van der Waals surface area (Å²) in [5, 5.41) is 11.7. The first-order chi connectivity index (χ1) is 18.1. The molecule has 0 bridgehead atoms. The summed E-state index contributed by atoms with van der Waals surface area (Å²) in [4.78, 5) is 41.3. The van der Waals surface area contributed by atoms with Crippen molar-refractivity contribution in [2.75, 3.05) is 4.90 Å². The zero-order valence-corrected chi connectivity index (χ0v) is 22.6. The molecule has 2 amide bonds. The van der Waals surface area contributed by atoms with E-state index in [9.17, 15) is 14.4 Å². The Kier molecular flexibility index (Phi) is 7.92. The Hall–Kier alpha value is -4.04. The van der Waals surface area contributed by atoms with Crippen molar-refractivity contribution in [1.82, 2.24) is 20.3 Å². The third-order valence-corrected chi connectivity index (χ3v) is 6.92. The number of nitrogens with zero attached hydrogens (tertiary/aromatic N) is 4. The molecule has 4 aromatic rings. The summed E-state index contributed by atoms with van der Waals surface area (Å²) in [5.74, 6) is -0.878. The maximum absolute atomic E-state index is 14.1. The largest absolute Gasteiger partial charge is 0.349 e. The summed E-state index contributed by atoms with van der Waals surface area (Å²) < 4.78 is 1.51. The molecule has 1 unspecified atom stereocenters. The van der Waals surface area contributed by atoms with Crippen molar-refractivity contribution in [3.05, 3.63) is 88.9 Å². The van der Waals surface area contributed by atoms with E-state index >= 15 is 0 Å². The molecule has 4 rings (SSSR count). The molecule has 0 fully saturated rings. The molecule has 9 heteroatoms. The van der Waals surface area contributed by atoms with Gasteiger partial charge in [0.05, 0.1) is 5.52 Å². The Morgan fingerprint density at radius 3 is 2.32 bits per heavy atom. The Labute approximate surface area is 226 Å². The Morgan fingerprint density at radius 1 is 1.00 bits per heavy atom. The van der Waals surface area contributed by atoms with Crippen LogP contribution in [0.5, 0.6) is 0 Å². The molecule has 38 heavy (non-hydrogen) atoms. The maximum Gasteiger partial charge on any atom is 0.249 e. The van der Waals surface area contributed by atoms with Crippen LogP contribution in [-0.2, 0) is 16.1 Å². The lowest BCUT2D eigenvalue weighted by Gasteiger charge is -2.35. The number of carbonyl (C=O) groups excluding carboxylic acids is 3. The van der Waals surface area contributed by atoms with Crippen LogP contribution in [0.1, 0.15) is 56.1 Å². The van der Waals surface area contributed by atoms with Gasteiger partial charge in [-0.15, -0.1) is 5.10 Å². The standard InChI is InChI=1S/C29H30ClN5O3/c1-5-29(3,4)31-28(38)27(22-10-6-7-11-23(22)30)35(21-16-14-20(15-17-21)19(2)36)26(37)18-34-25-13-9-8-12-24(25)32-33-34/h6-17,27H,5,18H2,1-4H3,(H,31,38). The van der Waals surface area contributed by atoms with Crippen LogP contribution < -0.4 is 10.2 Å². The van der Waals surface area contributed by atoms with Crippen molar-refractivity contribution >= 4 is 45.9 Å². The number of Topliss-reactive ketones (excluding diaryl/α,β-unsaturated/α-hetero) is 1. The van der Waals surface area contributed by atoms with Gasteiger partial charge in [-0.2, -0.15) is 0 Å². The third kappa shape index (κ3) is 5.75. The SMILES string of the molecule is CCC(C)(C)NC(=O)C(c1ccccc1Cl)N(C(=O)Cn1nnc2ccccc21)c1ccc(C(C)=O)cc1. The first kappa shape index (κ1) is 27.0. The number of aromatic nitrogens is 3. The number of nitrogens with one attached hydrogen (secondary N) is 1. The molecule has 0 aliphatic heterocycles. The molecule has 0 aliphatic rings. The summed E-state index contributed by atoms with van der Waals surface area (Å²) in [5.41, 5.74) is 2.24. The summed E-state index contributed by atoms with van der Waals surface area (Å²) in [6.07, 6.45) is 0.681. The molecule has 1 N–H and O–H groups in total. The zero-order valence-electron chi connectivity index (χ0n) is 21.8. The van der Waals surface area contributed by atoms with E-state index in [0.717, 1.165) is 0 Å². The predicted octanol–water partition coefficient (Wildman–Crippen LogP) is 5.37. The second-order valence-corrected chi connectivity index (χ2v) is 10.2. The molecule has 3 aromatic carbocycles. The third-order valence-electron chi connectivity index (χ3n) is 6.58. The van der Waals surface area contributed by atoms with E-state index in [2.05, 4.69) is 15.6 Å². The van der Waals surface area contributed by atoms with E-state index < -0.39 is 17.5 Å². The molecule has 1 atom stereocenters. The lowest BCUT2D eigenvalue weighted by Crippen LogP contribution is -2.51. The summed E-state index contributed by atoms with van der Waals surface area (Å²) in [7, 11) is 0. The minimum absolute atomic E-state index is 0.103. The summed E-state index contributed by atoms with van der Waals surface area (Å²) in [6.45, 7) is 7.12. The number of carbonyl (C=O) groups is 3. The number of halogens is 1. The number of anilines is 1. The van der Waals surface area contributed by atoms with Crippen molar-refractivity contribution in [3.63, 3.8) is 0 Å². The van der Waals surface area contributed by atoms with Gasteiger partial charge >= 0.3 is 0 Å². The van der Waals surface area contributed by atoms with Gasteiger partial charge in [-0.05, 0) is 69.7 Å². The number of ketones is 1. The molecule has 0 saturated heterocycles. The first-order valence-electron chi connectivity index (χ1n) is 12.4. The highest BCUT2D eigenvalue weighted by Gasteiger charge is 2.36. The Morgan fingerprint density at radius 2 is 1.66 bits per heavy atom. The molecule has 0 spiro atoms. The van der Waals surface area contributed by atoms with Gasteiger partial charge in [0.2, 0.25) is 11.8 Å². The van der Waals surface area contributed by atoms with E-state index in [-0.39, 0.29) is 18.2 Å². The molecular formula is C29H30ClN5O3. The van der Waals surface area contributed by atoms with Crippen molar-refractivity contribution in [1.29, 1.82) is 0 Å². The van der Waals surface area contributed by atoms with Gasteiger partial charge in [0.1, 0.15) is 18.1 Å². The molecule has 1 aromatic heterocycles. The number of benzene rings is 3. The second-order valence-electron chi connectivity index (χ2n) is 9.75. The monoisotopic (exact) mass is 531 g/mol.